The lowest BCUT2D eigenvalue weighted by Crippen LogP contribution is -2.44. The molecule has 152 valence electrons. The van der Waals surface area contributed by atoms with Gasteiger partial charge < -0.3 is 20.1 Å². The van der Waals surface area contributed by atoms with Crippen molar-refractivity contribution in [3.8, 4) is 11.5 Å². The Hall–Kier alpha value is -3.55. The lowest BCUT2D eigenvalue weighted by molar-refractivity contribution is -0.134. The van der Waals surface area contributed by atoms with Gasteiger partial charge in [0.15, 0.2) is 0 Å². The molecule has 1 fully saturated rings. The summed E-state index contributed by atoms with van der Waals surface area (Å²) in [5, 5.41) is 5.43. The third-order valence-corrected chi connectivity index (χ3v) is 4.94. The van der Waals surface area contributed by atoms with Crippen molar-refractivity contribution in [3.63, 3.8) is 0 Å². The Morgan fingerprint density at radius 3 is 2.38 bits per heavy atom. The van der Waals surface area contributed by atoms with Crippen molar-refractivity contribution in [2.75, 3.05) is 26.1 Å². The van der Waals surface area contributed by atoms with Crippen LogP contribution in [-0.2, 0) is 15.1 Å². The van der Waals surface area contributed by atoms with Crippen LogP contribution in [0, 0.1) is 0 Å². The van der Waals surface area contributed by atoms with Crippen molar-refractivity contribution in [1.29, 1.82) is 0 Å². The van der Waals surface area contributed by atoms with Crippen LogP contribution in [-0.4, -0.2) is 43.5 Å². The Morgan fingerprint density at radius 1 is 1.07 bits per heavy atom. The molecule has 2 aromatic rings. The number of urea groups is 1. The van der Waals surface area contributed by atoms with E-state index in [1.54, 1.807) is 55.6 Å². The number of benzene rings is 2. The number of carbonyl (C=O) groups excluding carboxylic acids is 3. The van der Waals surface area contributed by atoms with Crippen LogP contribution >= 0.6 is 0 Å². The van der Waals surface area contributed by atoms with Crippen LogP contribution in [0.4, 0.5) is 10.5 Å². The third kappa shape index (κ3) is 3.87. The molecule has 0 saturated carbocycles. The fourth-order valence-electron chi connectivity index (χ4n) is 3.33. The number of nitrogens with zero attached hydrogens (tertiary/aromatic N) is 1. The molecule has 8 heteroatoms. The average molecular weight is 397 g/mol. The minimum atomic E-state index is -1.21. The maximum Gasteiger partial charge on any atom is 0.325 e. The van der Waals surface area contributed by atoms with E-state index >= 15 is 0 Å². The summed E-state index contributed by atoms with van der Waals surface area (Å²) in [7, 11) is 3.08. The molecule has 4 amide bonds. The molecule has 3 rings (SSSR count). The van der Waals surface area contributed by atoms with E-state index in [1.807, 2.05) is 6.92 Å². The first kappa shape index (κ1) is 20.2. The number of anilines is 1. The lowest BCUT2D eigenvalue weighted by atomic mass is 9.87. The Labute approximate surface area is 168 Å². The molecule has 1 unspecified atom stereocenters. The smallest absolute Gasteiger partial charge is 0.325 e. The molecule has 8 nitrogen and oxygen atoms in total. The molecule has 0 aromatic heterocycles. The van der Waals surface area contributed by atoms with Gasteiger partial charge in [-0.15, -0.1) is 0 Å². The van der Waals surface area contributed by atoms with Gasteiger partial charge in [0.2, 0.25) is 5.91 Å². The van der Waals surface area contributed by atoms with Gasteiger partial charge in [0.1, 0.15) is 23.6 Å². The normalized spacial score (nSPS) is 18.4. The Bertz CT molecular complexity index is 928. The largest absolute Gasteiger partial charge is 0.497 e. The molecule has 2 N–H and O–H groups in total. The number of methoxy groups -OCH3 is 2. The van der Waals surface area contributed by atoms with Crippen LogP contribution < -0.4 is 20.1 Å². The summed E-state index contributed by atoms with van der Waals surface area (Å²) < 4.78 is 10.3. The van der Waals surface area contributed by atoms with Gasteiger partial charge in [-0.3, -0.25) is 14.5 Å². The van der Waals surface area contributed by atoms with Crippen LogP contribution in [0.1, 0.15) is 18.9 Å². The molecular weight excluding hydrogens is 374 g/mol. The van der Waals surface area contributed by atoms with Gasteiger partial charge in [-0.2, -0.15) is 0 Å². The zero-order valence-corrected chi connectivity index (χ0v) is 16.5. The fourth-order valence-corrected chi connectivity index (χ4v) is 3.33. The predicted molar refractivity (Wildman–Crippen MR) is 107 cm³/mol. The molecule has 1 atom stereocenters. The average Bonchev–Trinajstić information content (AvgIpc) is 2.99. The van der Waals surface area contributed by atoms with E-state index in [0.29, 0.717) is 29.2 Å². The lowest BCUT2D eigenvalue weighted by Gasteiger charge is -2.26. The van der Waals surface area contributed by atoms with E-state index in [0.717, 1.165) is 4.90 Å². The van der Waals surface area contributed by atoms with E-state index in [2.05, 4.69) is 10.6 Å². The molecular formula is C21H23N3O5. The first-order chi connectivity index (χ1) is 13.9. The van der Waals surface area contributed by atoms with E-state index in [9.17, 15) is 14.4 Å². The molecule has 1 saturated heterocycles. The van der Waals surface area contributed by atoms with Crippen molar-refractivity contribution in [2.45, 2.75) is 18.9 Å². The molecule has 0 radical (unpaired) electrons. The van der Waals surface area contributed by atoms with Crippen LogP contribution in [0.3, 0.4) is 0 Å². The predicted octanol–water partition coefficient (Wildman–Crippen LogP) is 2.50. The summed E-state index contributed by atoms with van der Waals surface area (Å²) in [4.78, 5) is 39.0. The van der Waals surface area contributed by atoms with Crippen molar-refractivity contribution in [2.24, 2.45) is 0 Å². The molecule has 29 heavy (non-hydrogen) atoms. The molecule has 0 spiro atoms. The first-order valence-corrected chi connectivity index (χ1v) is 9.16. The van der Waals surface area contributed by atoms with Gasteiger partial charge in [-0.05, 0) is 36.2 Å². The maximum atomic E-state index is 13.1. The van der Waals surface area contributed by atoms with E-state index in [-0.39, 0.29) is 6.54 Å². The number of nitrogens with one attached hydrogen (secondary N) is 2. The second kappa shape index (κ2) is 8.22. The molecule has 0 aliphatic carbocycles. The van der Waals surface area contributed by atoms with Crippen LogP contribution in [0.15, 0.2) is 48.5 Å². The number of amides is 4. The highest BCUT2D eigenvalue weighted by molar-refractivity contribution is 6.10. The van der Waals surface area contributed by atoms with Gasteiger partial charge in [-0.1, -0.05) is 25.1 Å². The topological polar surface area (TPSA) is 97.0 Å². The van der Waals surface area contributed by atoms with Crippen molar-refractivity contribution < 1.29 is 23.9 Å². The summed E-state index contributed by atoms with van der Waals surface area (Å²) >= 11 is 0. The number of carbonyl (C=O) groups is 3. The maximum absolute atomic E-state index is 13.1. The summed E-state index contributed by atoms with van der Waals surface area (Å²) in [6, 6.07) is 13.1. The number of ether oxygens (including phenoxy) is 2. The van der Waals surface area contributed by atoms with E-state index in [1.165, 1.54) is 7.11 Å². The number of hydrogen-bond acceptors (Lipinski definition) is 5. The molecule has 0 bridgehead atoms. The minimum Gasteiger partial charge on any atom is -0.497 e. The van der Waals surface area contributed by atoms with E-state index in [4.69, 9.17) is 9.47 Å². The van der Waals surface area contributed by atoms with Gasteiger partial charge >= 0.3 is 6.03 Å². The highest BCUT2D eigenvalue weighted by atomic mass is 16.5. The molecule has 1 aliphatic heterocycles. The Morgan fingerprint density at radius 2 is 1.76 bits per heavy atom. The summed E-state index contributed by atoms with van der Waals surface area (Å²) in [5.74, 6) is 0.285. The minimum absolute atomic E-state index is 0.345. The summed E-state index contributed by atoms with van der Waals surface area (Å²) in [6.45, 7) is 1.42. The van der Waals surface area contributed by atoms with Crippen LogP contribution in [0.5, 0.6) is 11.5 Å². The van der Waals surface area contributed by atoms with Gasteiger partial charge in [-0.25, -0.2) is 4.79 Å². The van der Waals surface area contributed by atoms with Gasteiger partial charge in [0, 0.05) is 11.8 Å². The van der Waals surface area contributed by atoms with Crippen LogP contribution in [0.2, 0.25) is 0 Å². The Kier molecular flexibility index (Phi) is 5.72. The summed E-state index contributed by atoms with van der Waals surface area (Å²) in [6.07, 6.45) is 0.345. The van der Waals surface area contributed by atoms with Crippen LogP contribution in [0.25, 0.3) is 0 Å². The highest BCUT2D eigenvalue weighted by Crippen LogP contribution is 2.33. The van der Waals surface area contributed by atoms with Crippen molar-refractivity contribution in [1.82, 2.24) is 10.2 Å². The zero-order chi connectivity index (χ0) is 21.0. The second-order valence-corrected chi connectivity index (χ2v) is 6.59. The zero-order valence-electron chi connectivity index (χ0n) is 16.5. The quantitative estimate of drug-likeness (QED) is 0.700. The number of rotatable bonds is 7. The molecule has 2 aromatic carbocycles. The monoisotopic (exact) mass is 397 g/mol. The standard InChI is InChI=1S/C21H23N3O5/c1-4-21(14-8-10-16(28-2)11-9-14)19(26)24(20(27)23-21)13-18(25)22-15-6-5-7-17(12-15)29-3/h5-12H,4,13H2,1-3H3,(H,22,25)(H,23,27). The van der Waals surface area contributed by atoms with Gasteiger partial charge in [0.25, 0.3) is 5.91 Å². The SMILES string of the molecule is CCC1(c2ccc(OC)cc2)NC(=O)N(CC(=O)Nc2cccc(OC)c2)C1=O. The Balaban J connectivity index is 1.77. The first-order valence-electron chi connectivity index (χ1n) is 9.16. The third-order valence-electron chi connectivity index (χ3n) is 4.94. The van der Waals surface area contributed by atoms with Crippen molar-refractivity contribution in [3.05, 3.63) is 54.1 Å². The van der Waals surface area contributed by atoms with Crippen molar-refractivity contribution >= 4 is 23.5 Å². The highest BCUT2D eigenvalue weighted by Gasteiger charge is 2.51. The molecule has 1 aliphatic rings. The summed E-state index contributed by atoms with van der Waals surface area (Å²) in [5.41, 5.74) is -0.0623. The number of hydrogen-bond donors (Lipinski definition) is 2. The fraction of sp³-hybridized carbons (Fsp3) is 0.286. The van der Waals surface area contributed by atoms with Gasteiger partial charge in [0.05, 0.1) is 14.2 Å². The second-order valence-electron chi connectivity index (χ2n) is 6.59. The number of imide groups is 1. The van der Waals surface area contributed by atoms with E-state index < -0.39 is 23.4 Å². The molecule has 1 heterocycles.